The van der Waals surface area contributed by atoms with E-state index in [0.29, 0.717) is 0 Å². The van der Waals surface area contributed by atoms with Crippen molar-refractivity contribution in [2.24, 2.45) is 0 Å². The quantitative estimate of drug-likeness (QED) is 0.396. The van der Waals surface area contributed by atoms with E-state index >= 15 is 0 Å². The number of carbonyl (C=O) groups excluding carboxylic acids is 1. The molecule has 1 nitrogen and oxygen atoms in total. The highest BCUT2D eigenvalue weighted by molar-refractivity contribution is 5.75. The van der Waals surface area contributed by atoms with Gasteiger partial charge in [-0.15, -0.1) is 0 Å². The van der Waals surface area contributed by atoms with Gasteiger partial charge in [-0.05, 0) is 11.0 Å². The molecule has 0 aliphatic carbocycles. The van der Waals surface area contributed by atoms with Crippen molar-refractivity contribution in [1.29, 1.82) is 0 Å². The van der Waals surface area contributed by atoms with Crippen LogP contribution in [0, 0.1) is 0 Å². The third-order valence-corrected chi connectivity index (χ3v) is 0.936. The third kappa shape index (κ3) is 2.23. The van der Waals surface area contributed by atoms with Gasteiger partial charge >= 0.3 is 0 Å². The predicted octanol–water partition coefficient (Wildman–Crippen LogP) is 0.0475. The Hall–Kier alpha value is -0.893. The topological polar surface area (TPSA) is 17.1 Å². The fourth-order valence-corrected chi connectivity index (χ4v) is 0.532. The van der Waals surface area contributed by atoms with Crippen LogP contribution in [0.1, 0.15) is 10.4 Å². The van der Waals surface area contributed by atoms with Crippen LogP contribution in [0.5, 0.6) is 0 Å². The zero-order valence-electron chi connectivity index (χ0n) is 4.37. The molecule has 1 rings (SSSR count). The first-order valence-electron chi connectivity index (χ1n) is 2.44. The van der Waals surface area contributed by atoms with Crippen LogP contribution < -0.4 is 0 Å². The summed E-state index contributed by atoms with van der Waals surface area (Å²) in [5.74, 6) is 0. The second kappa shape index (κ2) is 4.03. The maximum atomic E-state index is 10.0. The number of aldehydes is 1. The Balaban J connectivity index is 0.000000640. The summed E-state index contributed by atoms with van der Waals surface area (Å²) in [7, 11) is 0. The van der Waals surface area contributed by atoms with E-state index in [-0.39, 0.29) is 11.0 Å². The van der Waals surface area contributed by atoms with Gasteiger partial charge in [-0.25, -0.2) is 0 Å². The molecule has 0 atom stereocenters. The van der Waals surface area contributed by atoms with Gasteiger partial charge in [-0.3, -0.25) is 4.79 Å². The molecule has 9 heavy (non-hydrogen) atoms. The van der Waals surface area contributed by atoms with Crippen molar-refractivity contribution in [3.63, 3.8) is 0 Å². The Kier molecular flexibility index (Phi) is 3.63. The Bertz CT molecular complexity index is 172. The lowest BCUT2D eigenvalue weighted by Crippen LogP contribution is -1.73. The van der Waals surface area contributed by atoms with E-state index < -0.39 is 0 Å². The molecule has 0 heterocycles. The maximum absolute atomic E-state index is 10.0. The average molecular weight is 138 g/mol. The summed E-state index contributed by atoms with van der Waals surface area (Å²) in [4.78, 5) is 10.0. The highest BCUT2D eigenvalue weighted by Gasteiger charge is 1.79. The van der Waals surface area contributed by atoms with Crippen molar-refractivity contribution in [3.8, 4) is 0 Å². The number of carbonyl (C=O) groups is 1. The molecule has 1 aromatic rings. The maximum Gasteiger partial charge on any atom is 0.150 e. The number of rotatable bonds is 1. The van der Waals surface area contributed by atoms with Crippen LogP contribution in [-0.2, 0) is 0 Å². The van der Waals surface area contributed by atoms with Gasteiger partial charge in [0.15, 0.2) is 0 Å². The molecule has 48 valence electrons. The lowest BCUT2D eigenvalue weighted by molar-refractivity contribution is 0.112. The normalized spacial score (nSPS) is 7.56. The molecule has 0 fully saturated rings. The molecular weight excluding hydrogens is 128 g/mol. The Morgan fingerprint density at radius 2 is 1.67 bits per heavy atom. The van der Waals surface area contributed by atoms with E-state index in [1.807, 2.05) is 18.2 Å². The standard InChI is InChI=1S/C7H6O.H4Si/c8-6-7-4-2-1-3-5-7;/h1-6H;1H4. The zero-order valence-corrected chi connectivity index (χ0v) is 4.37. The van der Waals surface area contributed by atoms with Crippen molar-refractivity contribution >= 4 is 17.3 Å². The fourth-order valence-electron chi connectivity index (χ4n) is 0.532. The van der Waals surface area contributed by atoms with Gasteiger partial charge in [0.1, 0.15) is 6.29 Å². The second-order valence-corrected chi connectivity index (χ2v) is 1.53. The van der Waals surface area contributed by atoms with Crippen molar-refractivity contribution in [1.82, 2.24) is 0 Å². The molecule has 0 saturated heterocycles. The van der Waals surface area contributed by atoms with Gasteiger partial charge in [-0.2, -0.15) is 0 Å². The van der Waals surface area contributed by atoms with Gasteiger partial charge < -0.3 is 0 Å². The summed E-state index contributed by atoms with van der Waals surface area (Å²) in [5.41, 5.74) is 0.729. The monoisotopic (exact) mass is 138 g/mol. The summed E-state index contributed by atoms with van der Waals surface area (Å²) in [6.45, 7) is 0. The number of benzene rings is 1. The van der Waals surface area contributed by atoms with Crippen molar-refractivity contribution < 1.29 is 4.79 Å². The summed E-state index contributed by atoms with van der Waals surface area (Å²) in [6.07, 6.45) is 0.833. The molecule has 0 spiro atoms. The molecule has 0 aromatic heterocycles. The van der Waals surface area contributed by atoms with Crippen LogP contribution in [0.15, 0.2) is 30.3 Å². The van der Waals surface area contributed by atoms with Crippen LogP contribution in [0.2, 0.25) is 0 Å². The van der Waals surface area contributed by atoms with E-state index in [9.17, 15) is 4.79 Å². The first-order chi connectivity index (χ1) is 3.93. The van der Waals surface area contributed by atoms with Crippen molar-refractivity contribution in [2.75, 3.05) is 0 Å². The minimum atomic E-state index is 0. The fraction of sp³-hybridized carbons (Fsp3) is 0. The minimum Gasteiger partial charge on any atom is -0.298 e. The summed E-state index contributed by atoms with van der Waals surface area (Å²) in [5, 5.41) is 0. The van der Waals surface area contributed by atoms with Crippen molar-refractivity contribution in [3.05, 3.63) is 35.9 Å². The Labute approximate surface area is 58.7 Å². The minimum absolute atomic E-state index is 0. The molecule has 0 aliphatic heterocycles. The van der Waals surface area contributed by atoms with Gasteiger partial charge in [0.25, 0.3) is 0 Å². The molecule has 0 aliphatic rings. The molecule has 0 bridgehead atoms. The molecule has 0 radical (unpaired) electrons. The molecule has 0 unspecified atom stereocenters. The SMILES string of the molecule is O=Cc1ccccc1.[SiH4]. The first kappa shape index (κ1) is 8.11. The highest BCUT2D eigenvalue weighted by atomic mass is 28.1. The molecule has 0 saturated carbocycles. The summed E-state index contributed by atoms with van der Waals surface area (Å²) < 4.78 is 0. The van der Waals surface area contributed by atoms with Crippen LogP contribution in [0.4, 0.5) is 0 Å². The van der Waals surface area contributed by atoms with Gasteiger partial charge in [0, 0.05) is 5.56 Å². The smallest absolute Gasteiger partial charge is 0.150 e. The third-order valence-electron chi connectivity index (χ3n) is 0.936. The van der Waals surface area contributed by atoms with Gasteiger partial charge in [0.2, 0.25) is 0 Å². The van der Waals surface area contributed by atoms with Gasteiger partial charge in [0.05, 0.1) is 0 Å². The molecule has 2 heteroatoms. The van der Waals surface area contributed by atoms with Crippen molar-refractivity contribution in [2.45, 2.75) is 0 Å². The van der Waals surface area contributed by atoms with E-state index in [1.165, 1.54) is 0 Å². The van der Waals surface area contributed by atoms with Crippen LogP contribution in [-0.4, -0.2) is 17.3 Å². The van der Waals surface area contributed by atoms with Crippen LogP contribution in [0.25, 0.3) is 0 Å². The van der Waals surface area contributed by atoms with Gasteiger partial charge in [-0.1, -0.05) is 30.3 Å². The predicted molar refractivity (Wildman–Crippen MR) is 43.2 cm³/mol. The van der Waals surface area contributed by atoms with Crippen LogP contribution in [0.3, 0.4) is 0 Å². The lowest BCUT2D eigenvalue weighted by Gasteiger charge is -1.81. The Morgan fingerprint density at radius 3 is 2.00 bits per heavy atom. The van der Waals surface area contributed by atoms with E-state index in [1.54, 1.807) is 12.1 Å². The van der Waals surface area contributed by atoms with E-state index in [4.69, 9.17) is 0 Å². The zero-order chi connectivity index (χ0) is 5.82. The number of hydrogen-bond acceptors (Lipinski definition) is 1. The first-order valence-corrected chi connectivity index (χ1v) is 2.44. The summed E-state index contributed by atoms with van der Waals surface area (Å²) in [6, 6.07) is 9.10. The van der Waals surface area contributed by atoms with E-state index in [2.05, 4.69) is 0 Å². The Morgan fingerprint density at radius 1 is 1.11 bits per heavy atom. The molecule has 1 aromatic carbocycles. The second-order valence-electron chi connectivity index (χ2n) is 1.53. The molecular formula is C7H10OSi. The summed E-state index contributed by atoms with van der Waals surface area (Å²) >= 11 is 0. The number of hydrogen-bond donors (Lipinski definition) is 0. The average Bonchev–Trinajstić information content (AvgIpc) is 1.90. The van der Waals surface area contributed by atoms with Crippen LogP contribution >= 0.6 is 0 Å². The van der Waals surface area contributed by atoms with E-state index in [0.717, 1.165) is 11.8 Å². The lowest BCUT2D eigenvalue weighted by atomic mass is 10.2. The highest BCUT2D eigenvalue weighted by Crippen LogP contribution is 1.91. The largest absolute Gasteiger partial charge is 0.298 e. The molecule has 0 amide bonds. The molecule has 0 N–H and O–H groups in total.